The topological polar surface area (TPSA) is 94.3 Å². The Kier molecular flexibility index (Phi) is 6.96. The van der Waals surface area contributed by atoms with E-state index in [0.717, 1.165) is 5.01 Å². The molecule has 0 spiro atoms. The average Bonchev–Trinajstić information content (AvgIpc) is 2.90. The number of nitrogens with one attached hydrogen (secondary N) is 1. The predicted octanol–water partition coefficient (Wildman–Crippen LogP) is 1.66. The predicted molar refractivity (Wildman–Crippen MR) is 86.4 cm³/mol. The lowest BCUT2D eigenvalue weighted by atomic mass is 10.0. The molecule has 0 aliphatic carbocycles. The fourth-order valence-electron chi connectivity index (χ4n) is 1.86. The van der Waals surface area contributed by atoms with Crippen LogP contribution in [0.1, 0.15) is 44.4 Å². The molecule has 1 aromatic rings. The highest BCUT2D eigenvalue weighted by molar-refractivity contribution is 7.09. The Morgan fingerprint density at radius 1 is 1.32 bits per heavy atom. The quantitative estimate of drug-likeness (QED) is 0.743. The van der Waals surface area contributed by atoms with E-state index in [-0.39, 0.29) is 30.2 Å². The third-order valence-corrected chi connectivity index (χ3v) is 4.35. The molecule has 124 valence electrons. The molecule has 1 aromatic heterocycles. The van der Waals surface area contributed by atoms with E-state index in [9.17, 15) is 9.59 Å². The second kappa shape index (κ2) is 8.24. The van der Waals surface area contributed by atoms with Gasteiger partial charge >= 0.3 is 5.97 Å². The van der Waals surface area contributed by atoms with Crippen molar-refractivity contribution in [2.75, 3.05) is 7.11 Å². The Labute approximate surface area is 135 Å². The molecular formula is C15H25N3O3S. The van der Waals surface area contributed by atoms with Crippen LogP contribution < -0.4 is 11.1 Å². The first-order valence-electron chi connectivity index (χ1n) is 7.33. The molecule has 1 amide bonds. The molecule has 6 nitrogen and oxygen atoms in total. The molecule has 7 heteroatoms. The molecule has 0 aromatic carbocycles. The minimum absolute atomic E-state index is 0.0447. The van der Waals surface area contributed by atoms with E-state index < -0.39 is 12.0 Å². The highest BCUT2D eigenvalue weighted by atomic mass is 32.1. The summed E-state index contributed by atoms with van der Waals surface area (Å²) in [7, 11) is 1.31. The number of thiazole rings is 1. The third-order valence-electron chi connectivity index (χ3n) is 3.35. The maximum Gasteiger partial charge on any atom is 0.328 e. The van der Waals surface area contributed by atoms with E-state index in [0.29, 0.717) is 5.69 Å². The molecule has 2 atom stereocenters. The summed E-state index contributed by atoms with van der Waals surface area (Å²) in [6.07, 6.45) is 0.127. The molecule has 0 saturated heterocycles. The normalized spacial score (nSPS) is 14.0. The number of aromatic nitrogens is 1. The van der Waals surface area contributed by atoms with Gasteiger partial charge in [0.15, 0.2) is 0 Å². The van der Waals surface area contributed by atoms with Crippen LogP contribution in [0.3, 0.4) is 0 Å². The first-order valence-corrected chi connectivity index (χ1v) is 8.21. The van der Waals surface area contributed by atoms with Gasteiger partial charge in [0.05, 0.1) is 25.3 Å². The van der Waals surface area contributed by atoms with Gasteiger partial charge in [-0.05, 0) is 11.8 Å². The lowest BCUT2D eigenvalue weighted by molar-refractivity contribution is -0.146. The molecule has 0 aliphatic heterocycles. The monoisotopic (exact) mass is 327 g/mol. The van der Waals surface area contributed by atoms with Gasteiger partial charge in [0.1, 0.15) is 11.0 Å². The number of rotatable bonds is 7. The van der Waals surface area contributed by atoms with Crippen LogP contribution in [0.4, 0.5) is 0 Å². The summed E-state index contributed by atoms with van der Waals surface area (Å²) in [5.41, 5.74) is 6.71. The van der Waals surface area contributed by atoms with Gasteiger partial charge in [-0.25, -0.2) is 9.78 Å². The highest BCUT2D eigenvalue weighted by Crippen LogP contribution is 2.22. The van der Waals surface area contributed by atoms with Gasteiger partial charge in [0, 0.05) is 5.38 Å². The van der Waals surface area contributed by atoms with Gasteiger partial charge in [-0.1, -0.05) is 27.7 Å². The largest absolute Gasteiger partial charge is 0.467 e. The van der Waals surface area contributed by atoms with Crippen molar-refractivity contribution in [1.29, 1.82) is 0 Å². The maximum atomic E-state index is 12.1. The first-order chi connectivity index (χ1) is 10.3. The number of ether oxygens (including phenoxy) is 1. The molecule has 3 N–H and O–H groups in total. The summed E-state index contributed by atoms with van der Waals surface area (Å²) in [6.45, 7) is 7.76. The van der Waals surface area contributed by atoms with Crippen molar-refractivity contribution in [3.63, 3.8) is 0 Å². The third kappa shape index (κ3) is 5.06. The summed E-state index contributed by atoms with van der Waals surface area (Å²) in [4.78, 5) is 28.1. The fourth-order valence-corrected chi connectivity index (χ4v) is 2.85. The van der Waals surface area contributed by atoms with Crippen LogP contribution in [0.5, 0.6) is 0 Å². The Bertz CT molecular complexity index is 514. The molecule has 22 heavy (non-hydrogen) atoms. The molecule has 1 heterocycles. The summed E-state index contributed by atoms with van der Waals surface area (Å²) >= 11 is 1.46. The summed E-state index contributed by atoms with van der Waals surface area (Å²) in [5.74, 6) is -0.447. The van der Waals surface area contributed by atoms with Gasteiger partial charge in [0.25, 0.3) is 0 Å². The van der Waals surface area contributed by atoms with Crippen LogP contribution in [0.25, 0.3) is 0 Å². The van der Waals surface area contributed by atoms with E-state index in [1.807, 2.05) is 33.1 Å². The number of carbonyl (C=O) groups is 2. The number of carbonyl (C=O) groups excluding carboxylic acids is 2. The van der Waals surface area contributed by atoms with Crippen LogP contribution in [-0.4, -0.2) is 30.0 Å². The molecule has 0 saturated carbocycles. The summed E-state index contributed by atoms with van der Waals surface area (Å²) in [5, 5.41) is 5.35. The molecule has 0 bridgehead atoms. The Morgan fingerprint density at radius 2 is 1.95 bits per heavy atom. The summed E-state index contributed by atoms with van der Waals surface area (Å²) < 4.78 is 4.70. The smallest absolute Gasteiger partial charge is 0.328 e. The SMILES string of the molecule is COC(=O)C(NC(=O)Cc1csc(C(N)C(C)C)n1)C(C)C. The second-order valence-corrected chi connectivity index (χ2v) is 6.83. The van der Waals surface area contributed by atoms with Gasteiger partial charge in [-0.15, -0.1) is 11.3 Å². The van der Waals surface area contributed by atoms with E-state index in [2.05, 4.69) is 10.3 Å². The molecule has 0 fully saturated rings. The van der Waals surface area contributed by atoms with Crippen LogP contribution >= 0.6 is 11.3 Å². The van der Waals surface area contributed by atoms with E-state index in [1.54, 1.807) is 0 Å². The molecule has 2 unspecified atom stereocenters. The second-order valence-electron chi connectivity index (χ2n) is 5.94. The van der Waals surface area contributed by atoms with Crippen LogP contribution in [-0.2, 0) is 20.7 Å². The average molecular weight is 327 g/mol. The van der Waals surface area contributed by atoms with Gasteiger partial charge in [-0.3, -0.25) is 4.79 Å². The molecule has 0 aliphatic rings. The number of esters is 1. The molecule has 1 rings (SSSR count). The minimum Gasteiger partial charge on any atom is -0.467 e. The highest BCUT2D eigenvalue weighted by Gasteiger charge is 2.25. The Hall–Kier alpha value is -1.47. The zero-order valence-corrected chi connectivity index (χ0v) is 14.6. The maximum absolute atomic E-state index is 12.1. The number of methoxy groups -OCH3 is 1. The Balaban J connectivity index is 2.67. The standard InChI is InChI=1S/C15H25N3O3S/c1-8(2)12(16)14-17-10(7-22-14)6-11(19)18-13(9(3)4)15(20)21-5/h7-9,12-13H,6,16H2,1-5H3,(H,18,19). The van der Waals surface area contributed by atoms with Crippen molar-refractivity contribution in [2.45, 2.75) is 46.2 Å². The van der Waals surface area contributed by atoms with Crippen LogP contribution in [0, 0.1) is 11.8 Å². The number of amides is 1. The first kappa shape index (κ1) is 18.6. The number of hydrogen-bond acceptors (Lipinski definition) is 6. The lowest BCUT2D eigenvalue weighted by Gasteiger charge is -2.19. The van der Waals surface area contributed by atoms with Crippen LogP contribution in [0.2, 0.25) is 0 Å². The zero-order chi connectivity index (χ0) is 16.9. The van der Waals surface area contributed by atoms with Gasteiger partial charge in [0.2, 0.25) is 5.91 Å². The molecular weight excluding hydrogens is 302 g/mol. The number of hydrogen-bond donors (Lipinski definition) is 2. The van der Waals surface area contributed by atoms with E-state index >= 15 is 0 Å². The Morgan fingerprint density at radius 3 is 2.45 bits per heavy atom. The number of nitrogens with two attached hydrogens (primary N) is 1. The van der Waals surface area contributed by atoms with Crippen molar-refractivity contribution in [3.05, 3.63) is 16.1 Å². The lowest BCUT2D eigenvalue weighted by Crippen LogP contribution is -2.45. The molecule has 0 radical (unpaired) electrons. The number of nitrogens with zero attached hydrogens (tertiary/aromatic N) is 1. The van der Waals surface area contributed by atoms with E-state index in [1.165, 1.54) is 18.4 Å². The van der Waals surface area contributed by atoms with Gasteiger partial charge < -0.3 is 15.8 Å². The van der Waals surface area contributed by atoms with Crippen molar-refractivity contribution < 1.29 is 14.3 Å². The van der Waals surface area contributed by atoms with E-state index in [4.69, 9.17) is 10.5 Å². The zero-order valence-electron chi connectivity index (χ0n) is 13.8. The van der Waals surface area contributed by atoms with Crippen molar-refractivity contribution in [1.82, 2.24) is 10.3 Å². The van der Waals surface area contributed by atoms with Gasteiger partial charge in [-0.2, -0.15) is 0 Å². The fraction of sp³-hybridized carbons (Fsp3) is 0.667. The van der Waals surface area contributed by atoms with Crippen molar-refractivity contribution in [3.8, 4) is 0 Å². The van der Waals surface area contributed by atoms with Crippen LogP contribution in [0.15, 0.2) is 5.38 Å². The van der Waals surface area contributed by atoms with Crippen molar-refractivity contribution in [2.24, 2.45) is 17.6 Å². The summed E-state index contributed by atoms with van der Waals surface area (Å²) in [6, 6.07) is -0.770. The minimum atomic E-state index is -0.645. The van der Waals surface area contributed by atoms with Crippen molar-refractivity contribution >= 4 is 23.2 Å².